The summed E-state index contributed by atoms with van der Waals surface area (Å²) in [7, 11) is -1.37. The van der Waals surface area contributed by atoms with Crippen molar-refractivity contribution in [1.29, 1.82) is 0 Å². The quantitative estimate of drug-likeness (QED) is 0.658. The van der Waals surface area contributed by atoms with Crippen molar-refractivity contribution < 1.29 is 9.16 Å². The van der Waals surface area contributed by atoms with E-state index in [9.17, 15) is 0 Å². The lowest BCUT2D eigenvalue weighted by atomic mass is 9.63. The molecule has 2 aliphatic carbocycles. The molecule has 2 nitrogen and oxygen atoms in total. The second-order valence-corrected chi connectivity index (χ2v) is 13.4. The molecule has 1 heterocycles. The molecule has 2 saturated carbocycles. The largest absolute Gasteiger partial charge is 0.414 e. The first-order valence-corrected chi connectivity index (χ1v) is 11.6. The van der Waals surface area contributed by atoms with Crippen LogP contribution in [0.3, 0.4) is 0 Å². The van der Waals surface area contributed by atoms with Crippen molar-refractivity contribution in [1.82, 2.24) is 0 Å². The molecule has 0 radical (unpaired) electrons. The average molecular weight is 297 g/mol. The van der Waals surface area contributed by atoms with Gasteiger partial charge in [-0.05, 0) is 82.8 Å². The molecule has 5 atom stereocenters. The third kappa shape index (κ3) is 2.50. The summed E-state index contributed by atoms with van der Waals surface area (Å²) in [4.78, 5) is 0. The summed E-state index contributed by atoms with van der Waals surface area (Å²) in [6.45, 7) is 13.9. The third-order valence-corrected chi connectivity index (χ3v) is 8.37. The molecule has 1 aliphatic heterocycles. The molecule has 20 heavy (non-hydrogen) atoms. The molecule has 0 aromatic heterocycles. The van der Waals surface area contributed by atoms with Gasteiger partial charge in [0.25, 0.3) is 0 Å². The van der Waals surface area contributed by atoms with Gasteiger partial charge in [-0.15, -0.1) is 0 Å². The Kier molecular flexibility index (Phi) is 3.43. The zero-order valence-corrected chi connectivity index (χ0v) is 15.2. The second-order valence-electron chi connectivity index (χ2n) is 9.23. The highest BCUT2D eigenvalue weighted by Crippen LogP contribution is 2.60. The summed E-state index contributed by atoms with van der Waals surface area (Å²) in [5, 5.41) is 0. The van der Waals surface area contributed by atoms with Gasteiger partial charge in [-0.25, -0.2) is 0 Å². The number of ether oxygens (including phenoxy) is 1. The lowest BCUT2D eigenvalue weighted by Crippen LogP contribution is -2.46. The number of hydrogen-bond donors (Lipinski definition) is 0. The van der Waals surface area contributed by atoms with Crippen molar-refractivity contribution in [2.45, 2.75) is 90.3 Å². The average Bonchev–Trinajstić information content (AvgIpc) is 2.74. The van der Waals surface area contributed by atoms with E-state index in [1.165, 1.54) is 31.7 Å². The standard InChI is InChI=1S/C17H32O2Si/c1-16(2,3)18-15-8-7-13-12-11-20(5,6)19-14(12)9-10-17(13,15)4/h12-15H,7-11H2,1-6H3/t12-,13+,14+,15+,17+/m1/s1. The van der Waals surface area contributed by atoms with E-state index in [0.717, 1.165) is 11.8 Å². The smallest absolute Gasteiger partial charge is 0.187 e. The fourth-order valence-corrected chi connectivity index (χ4v) is 8.16. The van der Waals surface area contributed by atoms with E-state index < -0.39 is 8.32 Å². The Labute approximate surface area is 125 Å². The molecular weight excluding hydrogens is 264 g/mol. The molecule has 3 aliphatic rings. The van der Waals surface area contributed by atoms with Crippen LogP contribution in [0.25, 0.3) is 0 Å². The maximum Gasteiger partial charge on any atom is 0.187 e. The van der Waals surface area contributed by atoms with Gasteiger partial charge in [0.2, 0.25) is 0 Å². The lowest BCUT2D eigenvalue weighted by molar-refractivity contribution is -0.129. The van der Waals surface area contributed by atoms with Gasteiger partial charge in [0.05, 0.1) is 11.7 Å². The molecule has 3 fully saturated rings. The molecule has 1 saturated heterocycles. The zero-order chi connectivity index (χ0) is 14.8. The van der Waals surface area contributed by atoms with Crippen molar-refractivity contribution in [2.75, 3.05) is 0 Å². The maximum absolute atomic E-state index is 6.44. The van der Waals surface area contributed by atoms with E-state index in [2.05, 4.69) is 40.8 Å². The Morgan fingerprint density at radius 1 is 1.15 bits per heavy atom. The van der Waals surface area contributed by atoms with Gasteiger partial charge in [-0.2, -0.15) is 0 Å². The van der Waals surface area contributed by atoms with E-state index >= 15 is 0 Å². The first kappa shape index (κ1) is 15.0. The molecule has 0 spiro atoms. The predicted octanol–water partition coefficient (Wildman–Crippen LogP) is 4.60. The minimum atomic E-state index is -1.37. The monoisotopic (exact) mass is 296 g/mol. The van der Waals surface area contributed by atoms with Crippen LogP contribution in [-0.4, -0.2) is 26.1 Å². The topological polar surface area (TPSA) is 18.5 Å². The van der Waals surface area contributed by atoms with Crippen molar-refractivity contribution in [2.24, 2.45) is 17.3 Å². The normalized spacial score (nSPS) is 47.1. The molecule has 0 N–H and O–H groups in total. The Hall–Kier alpha value is 0.137. The van der Waals surface area contributed by atoms with Crippen LogP contribution in [0.1, 0.15) is 53.4 Å². The Morgan fingerprint density at radius 2 is 1.85 bits per heavy atom. The fraction of sp³-hybridized carbons (Fsp3) is 1.00. The fourth-order valence-electron chi connectivity index (χ4n) is 5.27. The predicted molar refractivity (Wildman–Crippen MR) is 85.3 cm³/mol. The van der Waals surface area contributed by atoms with Crippen LogP contribution in [0.4, 0.5) is 0 Å². The summed E-state index contributed by atoms with van der Waals surface area (Å²) in [5.41, 5.74) is 0.381. The van der Waals surface area contributed by atoms with Gasteiger partial charge in [-0.1, -0.05) is 6.92 Å². The summed E-state index contributed by atoms with van der Waals surface area (Å²) in [5.74, 6) is 1.66. The van der Waals surface area contributed by atoms with Crippen LogP contribution < -0.4 is 0 Å². The van der Waals surface area contributed by atoms with Crippen molar-refractivity contribution >= 4 is 8.32 Å². The summed E-state index contributed by atoms with van der Waals surface area (Å²) in [6, 6.07) is 1.38. The highest BCUT2D eigenvalue weighted by Gasteiger charge is 2.59. The minimum absolute atomic E-state index is 0.0143. The van der Waals surface area contributed by atoms with Crippen molar-refractivity contribution in [3.8, 4) is 0 Å². The van der Waals surface area contributed by atoms with Crippen LogP contribution in [0.5, 0.6) is 0 Å². The van der Waals surface area contributed by atoms with Gasteiger partial charge in [-0.3, -0.25) is 0 Å². The molecule has 0 bridgehead atoms. The van der Waals surface area contributed by atoms with E-state index in [-0.39, 0.29) is 5.60 Å². The first-order valence-electron chi connectivity index (χ1n) is 8.46. The van der Waals surface area contributed by atoms with E-state index in [0.29, 0.717) is 17.6 Å². The van der Waals surface area contributed by atoms with Crippen molar-refractivity contribution in [3.63, 3.8) is 0 Å². The second kappa shape index (κ2) is 4.56. The molecule has 116 valence electrons. The van der Waals surface area contributed by atoms with Crippen LogP contribution in [-0.2, 0) is 9.16 Å². The Balaban J connectivity index is 1.79. The molecule has 0 amide bonds. The minimum Gasteiger partial charge on any atom is -0.414 e. The summed E-state index contributed by atoms with van der Waals surface area (Å²) < 4.78 is 12.9. The molecule has 0 aromatic carbocycles. The number of rotatable bonds is 1. The van der Waals surface area contributed by atoms with E-state index in [1.54, 1.807) is 0 Å². The van der Waals surface area contributed by atoms with Gasteiger partial charge in [0.15, 0.2) is 8.32 Å². The van der Waals surface area contributed by atoms with Gasteiger partial charge < -0.3 is 9.16 Å². The highest BCUT2D eigenvalue weighted by molar-refractivity contribution is 6.71. The van der Waals surface area contributed by atoms with Gasteiger partial charge in [0, 0.05) is 6.10 Å². The molecule has 0 unspecified atom stereocenters. The zero-order valence-electron chi connectivity index (χ0n) is 14.2. The Bertz CT molecular complexity index is 387. The number of fused-ring (bicyclic) bond motifs is 3. The molecular formula is C17H32O2Si. The van der Waals surface area contributed by atoms with E-state index in [4.69, 9.17) is 9.16 Å². The summed E-state index contributed by atoms with van der Waals surface area (Å²) in [6.07, 6.45) is 6.19. The number of hydrogen-bond acceptors (Lipinski definition) is 2. The highest BCUT2D eigenvalue weighted by atomic mass is 28.4. The van der Waals surface area contributed by atoms with Crippen LogP contribution in [0, 0.1) is 17.3 Å². The van der Waals surface area contributed by atoms with Crippen molar-refractivity contribution in [3.05, 3.63) is 0 Å². The SMILES string of the molecule is CC(C)(C)O[C@H]1CC[C@H]2[C@H]3C[Si](C)(C)O[C@H]3CC[C@]12C. The maximum atomic E-state index is 6.44. The third-order valence-electron chi connectivity index (χ3n) is 5.98. The van der Waals surface area contributed by atoms with Gasteiger partial charge in [0.1, 0.15) is 0 Å². The molecule has 3 rings (SSSR count). The van der Waals surface area contributed by atoms with E-state index in [1.807, 2.05) is 0 Å². The van der Waals surface area contributed by atoms with Crippen LogP contribution in [0.15, 0.2) is 0 Å². The van der Waals surface area contributed by atoms with Gasteiger partial charge >= 0.3 is 0 Å². The molecule has 0 aromatic rings. The van der Waals surface area contributed by atoms with Crippen LogP contribution >= 0.6 is 0 Å². The Morgan fingerprint density at radius 3 is 2.50 bits per heavy atom. The molecule has 3 heteroatoms. The lowest BCUT2D eigenvalue weighted by Gasteiger charge is -2.47. The summed E-state index contributed by atoms with van der Waals surface area (Å²) >= 11 is 0. The van der Waals surface area contributed by atoms with Crippen LogP contribution in [0.2, 0.25) is 19.1 Å². The first-order chi connectivity index (χ1) is 9.11.